The van der Waals surface area contributed by atoms with Gasteiger partial charge in [-0.1, -0.05) is 0 Å². The number of nitrogens with one attached hydrogen (secondary N) is 1. The van der Waals surface area contributed by atoms with Gasteiger partial charge >= 0.3 is 0 Å². The van der Waals surface area contributed by atoms with Gasteiger partial charge in [0.25, 0.3) is 0 Å². The van der Waals surface area contributed by atoms with Crippen LogP contribution in [0.3, 0.4) is 0 Å². The first-order chi connectivity index (χ1) is 4.21. The van der Waals surface area contributed by atoms with Crippen molar-refractivity contribution in [3.05, 3.63) is 0 Å². The highest BCUT2D eigenvalue weighted by molar-refractivity contribution is 5.87. The third-order valence-electron chi connectivity index (χ3n) is 2.36. The van der Waals surface area contributed by atoms with E-state index >= 15 is 0 Å². The maximum Gasteiger partial charge on any atom is 0.149 e. The van der Waals surface area contributed by atoms with Gasteiger partial charge in [0, 0.05) is 0 Å². The lowest BCUT2D eigenvalue weighted by Gasteiger charge is -2.39. The van der Waals surface area contributed by atoms with Crippen LogP contribution in [0.4, 0.5) is 0 Å². The highest BCUT2D eigenvalue weighted by Gasteiger charge is 2.39. The predicted octanol–water partition coefficient (Wildman–Crippen LogP) is 0.717. The van der Waals surface area contributed by atoms with Crippen LogP contribution < -0.4 is 5.32 Å². The Labute approximate surface area is 55.6 Å². The van der Waals surface area contributed by atoms with Crippen molar-refractivity contribution in [3.63, 3.8) is 0 Å². The summed E-state index contributed by atoms with van der Waals surface area (Å²) in [5.74, 6) is 0.288. The Morgan fingerprint density at radius 3 is 2.11 bits per heavy atom. The number of hydrogen-bond donors (Lipinski definition) is 1. The lowest BCUT2D eigenvalue weighted by molar-refractivity contribution is -0.126. The van der Waals surface area contributed by atoms with Crippen LogP contribution in [0.1, 0.15) is 26.2 Å². The second kappa shape index (κ2) is 2.10. The minimum absolute atomic E-state index is 0.125. The molecule has 0 radical (unpaired) electrons. The number of ketones is 1. The Morgan fingerprint density at radius 2 is 2.11 bits per heavy atom. The van der Waals surface area contributed by atoms with Crippen LogP contribution in [0.15, 0.2) is 0 Å². The number of hydrogen-bond acceptors (Lipinski definition) is 2. The lowest BCUT2D eigenvalue weighted by atomic mass is 9.74. The van der Waals surface area contributed by atoms with Gasteiger partial charge < -0.3 is 5.32 Å². The standard InChI is InChI=1S/C7H13NO/c1-6(9)7(8-2)4-3-5-7/h8H,3-5H2,1-2H3. The zero-order valence-electron chi connectivity index (χ0n) is 6.03. The van der Waals surface area contributed by atoms with Crippen LogP contribution in [0, 0.1) is 0 Å². The maximum absolute atomic E-state index is 10.9. The summed E-state index contributed by atoms with van der Waals surface area (Å²) in [5.41, 5.74) is -0.125. The van der Waals surface area contributed by atoms with E-state index in [4.69, 9.17) is 0 Å². The maximum atomic E-state index is 10.9. The molecule has 1 saturated carbocycles. The van der Waals surface area contributed by atoms with Gasteiger partial charge in [-0.2, -0.15) is 0 Å². The minimum atomic E-state index is -0.125. The zero-order valence-corrected chi connectivity index (χ0v) is 6.03. The minimum Gasteiger partial charge on any atom is -0.308 e. The molecule has 0 amide bonds. The summed E-state index contributed by atoms with van der Waals surface area (Å²) in [4.78, 5) is 10.9. The molecular formula is C7H13NO. The van der Waals surface area contributed by atoms with Gasteiger partial charge in [-0.05, 0) is 33.2 Å². The first kappa shape index (κ1) is 6.75. The molecule has 9 heavy (non-hydrogen) atoms. The largest absolute Gasteiger partial charge is 0.308 e. The molecule has 2 nitrogen and oxygen atoms in total. The molecule has 1 aliphatic rings. The zero-order chi connectivity index (χ0) is 6.91. The molecule has 52 valence electrons. The van der Waals surface area contributed by atoms with E-state index in [2.05, 4.69) is 5.32 Å². The number of carbonyl (C=O) groups is 1. The summed E-state index contributed by atoms with van der Waals surface area (Å²) >= 11 is 0. The van der Waals surface area contributed by atoms with Gasteiger partial charge in [-0.25, -0.2) is 0 Å². The molecule has 1 N–H and O–H groups in total. The van der Waals surface area contributed by atoms with Crippen molar-refractivity contribution in [3.8, 4) is 0 Å². The SMILES string of the molecule is CNC1(C(C)=O)CCC1. The highest BCUT2D eigenvalue weighted by atomic mass is 16.1. The lowest BCUT2D eigenvalue weighted by Crippen LogP contribution is -2.54. The second-order valence-corrected chi connectivity index (χ2v) is 2.74. The topological polar surface area (TPSA) is 29.1 Å². The molecule has 1 rings (SSSR count). The van der Waals surface area contributed by atoms with Gasteiger partial charge in [0.2, 0.25) is 0 Å². The molecule has 2 heteroatoms. The Hall–Kier alpha value is -0.370. The smallest absolute Gasteiger partial charge is 0.149 e. The van der Waals surface area contributed by atoms with E-state index in [0.29, 0.717) is 0 Å². The van der Waals surface area contributed by atoms with Crippen LogP contribution in [-0.4, -0.2) is 18.4 Å². The van der Waals surface area contributed by atoms with Crippen molar-refractivity contribution in [1.29, 1.82) is 0 Å². The van der Waals surface area contributed by atoms with E-state index in [1.54, 1.807) is 6.92 Å². The number of rotatable bonds is 2. The normalized spacial score (nSPS) is 22.9. The molecular weight excluding hydrogens is 114 g/mol. The third kappa shape index (κ3) is 0.874. The van der Waals surface area contributed by atoms with E-state index in [1.165, 1.54) is 6.42 Å². The van der Waals surface area contributed by atoms with Crippen molar-refractivity contribution in [2.45, 2.75) is 31.7 Å². The first-order valence-corrected chi connectivity index (χ1v) is 3.41. The van der Waals surface area contributed by atoms with E-state index in [-0.39, 0.29) is 11.3 Å². The molecule has 1 aliphatic carbocycles. The van der Waals surface area contributed by atoms with E-state index in [1.807, 2.05) is 7.05 Å². The van der Waals surface area contributed by atoms with Crippen molar-refractivity contribution < 1.29 is 4.79 Å². The molecule has 0 aliphatic heterocycles. The fourth-order valence-corrected chi connectivity index (χ4v) is 1.31. The van der Waals surface area contributed by atoms with Crippen LogP contribution in [0.2, 0.25) is 0 Å². The van der Waals surface area contributed by atoms with Crippen LogP contribution in [-0.2, 0) is 4.79 Å². The molecule has 0 saturated heterocycles. The Kier molecular flexibility index (Phi) is 1.58. The molecule has 0 heterocycles. The van der Waals surface area contributed by atoms with E-state index in [9.17, 15) is 4.79 Å². The molecule has 0 aromatic carbocycles. The molecule has 0 unspecified atom stereocenters. The molecule has 0 aromatic heterocycles. The summed E-state index contributed by atoms with van der Waals surface area (Å²) in [6.07, 6.45) is 3.25. The molecule has 0 spiro atoms. The predicted molar refractivity (Wildman–Crippen MR) is 36.3 cm³/mol. The van der Waals surface area contributed by atoms with Crippen LogP contribution in [0.5, 0.6) is 0 Å². The molecule has 0 bridgehead atoms. The summed E-state index contributed by atoms with van der Waals surface area (Å²) in [7, 11) is 1.86. The summed E-state index contributed by atoms with van der Waals surface area (Å²) < 4.78 is 0. The Morgan fingerprint density at radius 1 is 1.56 bits per heavy atom. The highest BCUT2D eigenvalue weighted by Crippen LogP contribution is 2.31. The third-order valence-corrected chi connectivity index (χ3v) is 2.36. The van der Waals surface area contributed by atoms with Crippen LogP contribution in [0.25, 0.3) is 0 Å². The molecule has 1 fully saturated rings. The average Bonchev–Trinajstić information content (AvgIpc) is 1.62. The number of likely N-dealkylation sites (N-methyl/N-ethyl adjacent to an activating group) is 1. The summed E-state index contributed by atoms with van der Waals surface area (Å²) in [5, 5.41) is 3.06. The van der Waals surface area contributed by atoms with Gasteiger partial charge in [0.1, 0.15) is 5.78 Å². The number of carbonyl (C=O) groups excluding carboxylic acids is 1. The fourth-order valence-electron chi connectivity index (χ4n) is 1.31. The van der Waals surface area contributed by atoms with E-state index in [0.717, 1.165) is 12.8 Å². The molecule has 0 atom stereocenters. The quantitative estimate of drug-likeness (QED) is 0.592. The summed E-state index contributed by atoms with van der Waals surface area (Å²) in [6, 6.07) is 0. The van der Waals surface area contributed by atoms with Crippen molar-refractivity contribution in [2.24, 2.45) is 0 Å². The van der Waals surface area contributed by atoms with Gasteiger partial charge in [0.05, 0.1) is 5.54 Å². The van der Waals surface area contributed by atoms with E-state index < -0.39 is 0 Å². The van der Waals surface area contributed by atoms with Gasteiger partial charge in [-0.3, -0.25) is 4.79 Å². The summed E-state index contributed by atoms with van der Waals surface area (Å²) in [6.45, 7) is 1.66. The van der Waals surface area contributed by atoms with Crippen LogP contribution >= 0.6 is 0 Å². The Bertz CT molecular complexity index is 121. The van der Waals surface area contributed by atoms with Crippen molar-refractivity contribution in [1.82, 2.24) is 5.32 Å². The fraction of sp³-hybridized carbons (Fsp3) is 0.857. The first-order valence-electron chi connectivity index (χ1n) is 3.41. The monoisotopic (exact) mass is 127 g/mol. The Balaban J connectivity index is 2.57. The second-order valence-electron chi connectivity index (χ2n) is 2.74. The molecule has 0 aromatic rings. The van der Waals surface area contributed by atoms with Gasteiger partial charge in [-0.15, -0.1) is 0 Å². The van der Waals surface area contributed by atoms with Crippen molar-refractivity contribution >= 4 is 5.78 Å². The average molecular weight is 127 g/mol. The number of Topliss-reactive ketones (excluding diaryl/α,β-unsaturated/α-hetero) is 1. The van der Waals surface area contributed by atoms with Gasteiger partial charge in [0.15, 0.2) is 0 Å². The van der Waals surface area contributed by atoms with Crippen molar-refractivity contribution in [2.75, 3.05) is 7.05 Å².